The number of benzene rings is 2. The molecule has 0 amide bonds. The van der Waals surface area contributed by atoms with E-state index in [1.165, 1.54) is 6.07 Å². The molecule has 0 radical (unpaired) electrons. The monoisotopic (exact) mass is 480 g/mol. The lowest BCUT2D eigenvalue weighted by molar-refractivity contribution is -0.387. The molecule has 1 aliphatic heterocycles. The molecule has 0 saturated carbocycles. The van der Waals surface area contributed by atoms with Gasteiger partial charge in [0.15, 0.2) is 17.3 Å². The summed E-state index contributed by atoms with van der Waals surface area (Å²) in [6, 6.07) is 5.30. The molecule has 1 saturated heterocycles. The van der Waals surface area contributed by atoms with Crippen LogP contribution in [0.25, 0.3) is 22.3 Å². The van der Waals surface area contributed by atoms with Crippen molar-refractivity contribution in [1.82, 2.24) is 0 Å². The average molecular weight is 480 g/mol. The molecule has 2 aromatic carbocycles. The molecule has 1 fully saturated rings. The van der Waals surface area contributed by atoms with E-state index in [1.807, 2.05) is 0 Å². The molecule has 0 aliphatic carbocycles. The Morgan fingerprint density at radius 1 is 0.882 bits per heavy atom. The number of phenolic OH excluding ortho intramolecular Hbond substituents is 4. The second-order valence-electron chi connectivity index (χ2n) is 7.51. The lowest BCUT2D eigenvalue weighted by Crippen LogP contribution is -2.59. The van der Waals surface area contributed by atoms with Gasteiger partial charge in [0.1, 0.15) is 46.9 Å². The minimum atomic E-state index is -1.85. The van der Waals surface area contributed by atoms with Gasteiger partial charge in [-0.05, 0) is 18.2 Å². The molecule has 0 unspecified atom stereocenters. The fourth-order valence-electron chi connectivity index (χ4n) is 3.44. The standard InChI is InChI=1S/C21H20O13/c22-6-13-15(27)17(29)18(30)21(32-13)34-33-20-16(28)14-11(26)4-8(23)5-12(14)31-19(20)7-1-2-9(24)10(25)3-7/h1-5,13,15,17-18,21-27,29-30H,6H2/t13-,15-,17+,18-,21+/m1/s1. The number of hydrogen-bond donors (Lipinski definition) is 8. The molecule has 5 atom stereocenters. The Morgan fingerprint density at radius 2 is 1.62 bits per heavy atom. The first-order valence-corrected chi connectivity index (χ1v) is 9.81. The van der Waals surface area contributed by atoms with E-state index in [-0.39, 0.29) is 16.9 Å². The van der Waals surface area contributed by atoms with Crippen molar-refractivity contribution in [2.75, 3.05) is 6.61 Å². The first kappa shape index (κ1) is 23.6. The van der Waals surface area contributed by atoms with Crippen molar-refractivity contribution < 1.29 is 59.8 Å². The predicted octanol–water partition coefficient (Wildman–Crippen LogP) is -0.607. The van der Waals surface area contributed by atoms with E-state index in [0.717, 1.165) is 24.3 Å². The van der Waals surface area contributed by atoms with Crippen LogP contribution >= 0.6 is 0 Å². The lowest BCUT2D eigenvalue weighted by atomic mass is 9.99. The fourth-order valence-corrected chi connectivity index (χ4v) is 3.44. The highest BCUT2D eigenvalue weighted by molar-refractivity contribution is 5.88. The lowest BCUT2D eigenvalue weighted by Gasteiger charge is -2.38. The molecule has 0 bridgehead atoms. The van der Waals surface area contributed by atoms with Crippen LogP contribution in [0, 0.1) is 0 Å². The third kappa shape index (κ3) is 4.07. The number of ether oxygens (including phenoxy) is 1. The summed E-state index contributed by atoms with van der Waals surface area (Å²) >= 11 is 0. The first-order chi connectivity index (χ1) is 16.1. The highest BCUT2D eigenvalue weighted by Crippen LogP contribution is 2.38. The van der Waals surface area contributed by atoms with Crippen LogP contribution in [0.4, 0.5) is 0 Å². The van der Waals surface area contributed by atoms with Gasteiger partial charge >= 0.3 is 0 Å². The minimum absolute atomic E-state index is 0.00420. The molecular weight excluding hydrogens is 460 g/mol. The van der Waals surface area contributed by atoms with Crippen molar-refractivity contribution >= 4 is 11.0 Å². The van der Waals surface area contributed by atoms with Crippen molar-refractivity contribution in [2.45, 2.75) is 30.7 Å². The molecule has 8 N–H and O–H groups in total. The second kappa shape index (κ2) is 8.98. The summed E-state index contributed by atoms with van der Waals surface area (Å²) in [6.07, 6.45) is -8.39. The molecule has 1 aliphatic rings. The molecule has 13 nitrogen and oxygen atoms in total. The molecule has 3 aromatic rings. The van der Waals surface area contributed by atoms with E-state index >= 15 is 0 Å². The molecule has 13 heteroatoms. The summed E-state index contributed by atoms with van der Waals surface area (Å²) < 4.78 is 10.8. The van der Waals surface area contributed by atoms with E-state index in [2.05, 4.69) is 0 Å². The van der Waals surface area contributed by atoms with Crippen LogP contribution in [0.2, 0.25) is 0 Å². The number of aliphatic hydroxyl groups excluding tert-OH is 4. The quantitative estimate of drug-likeness (QED) is 0.130. The SMILES string of the molecule is O=c1c(OO[C@@H]2O[C@H](CO)[C@@H](O)[C@H](O)[C@H]2O)c(-c2ccc(O)c(O)c2)oc2cc(O)cc(O)c12. The maximum Gasteiger partial charge on any atom is 0.256 e. The highest BCUT2D eigenvalue weighted by atomic mass is 17.2. The van der Waals surface area contributed by atoms with Crippen molar-refractivity contribution in [3.05, 3.63) is 40.6 Å². The third-order valence-corrected chi connectivity index (χ3v) is 5.23. The average Bonchev–Trinajstić information content (AvgIpc) is 2.79. The third-order valence-electron chi connectivity index (χ3n) is 5.23. The summed E-state index contributed by atoms with van der Waals surface area (Å²) in [7, 11) is 0. The van der Waals surface area contributed by atoms with Gasteiger partial charge in [-0.3, -0.25) is 4.79 Å². The molecule has 34 heavy (non-hydrogen) atoms. The maximum absolute atomic E-state index is 13.1. The normalized spacial score (nSPS) is 24.9. The smallest absolute Gasteiger partial charge is 0.256 e. The zero-order valence-electron chi connectivity index (χ0n) is 17.1. The molecule has 2 heterocycles. The summed E-state index contributed by atoms with van der Waals surface area (Å²) in [5.74, 6) is -3.18. The van der Waals surface area contributed by atoms with Gasteiger partial charge in [-0.2, -0.15) is 4.89 Å². The van der Waals surface area contributed by atoms with Gasteiger partial charge in [-0.15, -0.1) is 0 Å². The highest BCUT2D eigenvalue weighted by Gasteiger charge is 2.45. The number of fused-ring (bicyclic) bond motifs is 1. The van der Waals surface area contributed by atoms with Crippen molar-refractivity contribution in [1.29, 1.82) is 0 Å². The summed E-state index contributed by atoms with van der Waals surface area (Å²) in [4.78, 5) is 23.2. The largest absolute Gasteiger partial charge is 0.508 e. The number of hydrogen-bond acceptors (Lipinski definition) is 13. The summed E-state index contributed by atoms with van der Waals surface area (Å²) in [5.41, 5.74) is -1.25. The number of aromatic hydroxyl groups is 4. The Morgan fingerprint density at radius 3 is 2.29 bits per heavy atom. The maximum atomic E-state index is 13.1. The Bertz CT molecular complexity index is 1270. The van der Waals surface area contributed by atoms with Crippen molar-refractivity contribution in [2.24, 2.45) is 0 Å². The zero-order chi connectivity index (χ0) is 24.7. The molecule has 1 aromatic heterocycles. The Balaban J connectivity index is 1.79. The van der Waals surface area contributed by atoms with Crippen molar-refractivity contribution in [3.8, 4) is 40.1 Å². The van der Waals surface area contributed by atoms with E-state index in [4.69, 9.17) is 18.9 Å². The van der Waals surface area contributed by atoms with Gasteiger partial charge in [0.25, 0.3) is 5.75 Å². The Kier molecular flexibility index (Phi) is 6.22. The van der Waals surface area contributed by atoms with Gasteiger partial charge < -0.3 is 54.9 Å². The van der Waals surface area contributed by atoms with Gasteiger partial charge in [0.05, 0.1) is 6.61 Å². The zero-order valence-corrected chi connectivity index (χ0v) is 17.1. The van der Waals surface area contributed by atoms with E-state index in [9.17, 15) is 45.6 Å². The fraction of sp³-hybridized carbons (Fsp3) is 0.286. The van der Waals surface area contributed by atoms with Crippen molar-refractivity contribution in [3.63, 3.8) is 0 Å². The Labute approximate surface area is 189 Å². The van der Waals surface area contributed by atoms with Gasteiger partial charge in [-0.25, -0.2) is 0 Å². The van der Waals surface area contributed by atoms with Gasteiger partial charge in [-0.1, -0.05) is 0 Å². The topological polar surface area (TPSA) is 220 Å². The van der Waals surface area contributed by atoms with Crippen LogP contribution in [0.15, 0.2) is 39.5 Å². The van der Waals surface area contributed by atoms with Crippen LogP contribution in [0.1, 0.15) is 0 Å². The Hall–Kier alpha value is -3.59. The van der Waals surface area contributed by atoms with Crippen LogP contribution < -0.4 is 10.3 Å². The number of aliphatic hydroxyl groups is 4. The minimum Gasteiger partial charge on any atom is -0.508 e. The van der Waals surface area contributed by atoms with E-state index in [1.54, 1.807) is 0 Å². The van der Waals surface area contributed by atoms with Crippen LogP contribution in [-0.2, 0) is 9.62 Å². The summed E-state index contributed by atoms with van der Waals surface area (Å²) in [6.45, 7) is -0.738. The molecule has 4 rings (SSSR count). The predicted molar refractivity (Wildman–Crippen MR) is 110 cm³/mol. The second-order valence-corrected chi connectivity index (χ2v) is 7.51. The number of rotatable bonds is 5. The molecular formula is C21H20O13. The van der Waals surface area contributed by atoms with Crippen LogP contribution in [0.5, 0.6) is 28.7 Å². The van der Waals surface area contributed by atoms with Gasteiger partial charge in [0.2, 0.25) is 11.7 Å². The van der Waals surface area contributed by atoms with Crippen LogP contribution in [0.3, 0.4) is 0 Å². The molecule has 182 valence electrons. The molecule has 0 spiro atoms. The van der Waals surface area contributed by atoms with E-state index < -0.39 is 76.9 Å². The van der Waals surface area contributed by atoms with Crippen LogP contribution in [-0.4, -0.2) is 78.2 Å². The number of phenols is 4. The summed E-state index contributed by atoms with van der Waals surface area (Å²) in [5, 5.41) is 78.1. The van der Waals surface area contributed by atoms with E-state index in [0.29, 0.717) is 0 Å². The van der Waals surface area contributed by atoms with Gasteiger partial charge in [0, 0.05) is 17.7 Å². The first-order valence-electron chi connectivity index (χ1n) is 9.81.